The fourth-order valence-corrected chi connectivity index (χ4v) is 7.75. The van der Waals surface area contributed by atoms with E-state index in [-0.39, 0.29) is 38.3 Å². The molecule has 0 aliphatic carbocycles. The molecular weight excluding hydrogens is 817 g/mol. The van der Waals surface area contributed by atoms with Crippen molar-refractivity contribution in [1.82, 2.24) is 20.9 Å². The monoisotopic (exact) mass is 893 g/mol. The zero-order valence-corrected chi connectivity index (χ0v) is 40.0. The van der Waals surface area contributed by atoms with E-state index >= 15 is 0 Å². The number of ketones is 1. The van der Waals surface area contributed by atoms with Crippen molar-refractivity contribution in [3.8, 4) is 22.6 Å². The fraction of sp³-hybridized carbons (Fsp3) is 0.640. The van der Waals surface area contributed by atoms with Crippen molar-refractivity contribution in [3.63, 3.8) is 0 Å². The minimum atomic E-state index is -1.20. The number of nitrogens with zero attached hydrogens (tertiary/aromatic N) is 1. The molecule has 1 unspecified atom stereocenters. The van der Waals surface area contributed by atoms with Crippen LogP contribution in [0, 0.1) is 11.8 Å². The molecule has 4 amide bonds. The molecule has 3 N–H and O–H groups in total. The number of Topliss-reactive ketones (excluding diaryl/α,β-unsaturated/α-hetero) is 1. The lowest BCUT2D eigenvalue weighted by atomic mass is 9.89. The third-order valence-electron chi connectivity index (χ3n) is 11.2. The number of rotatable bonds is 23. The first-order valence-electron chi connectivity index (χ1n) is 23.5. The van der Waals surface area contributed by atoms with E-state index < -0.39 is 59.2 Å². The van der Waals surface area contributed by atoms with Crippen LogP contribution in [0.25, 0.3) is 11.1 Å². The van der Waals surface area contributed by atoms with Gasteiger partial charge in [-0.3, -0.25) is 19.2 Å². The van der Waals surface area contributed by atoms with Gasteiger partial charge in [0.05, 0.1) is 20.3 Å². The van der Waals surface area contributed by atoms with Crippen molar-refractivity contribution in [1.29, 1.82) is 0 Å². The molecule has 0 fully saturated rings. The molecule has 14 nitrogen and oxygen atoms in total. The van der Waals surface area contributed by atoms with Crippen molar-refractivity contribution in [3.05, 3.63) is 47.5 Å². The summed E-state index contributed by atoms with van der Waals surface area (Å²) in [6.07, 6.45) is 11.1. The molecule has 2 aromatic carbocycles. The summed E-state index contributed by atoms with van der Waals surface area (Å²) in [5.41, 5.74) is 1.53. The number of esters is 1. The molecule has 1 aliphatic rings. The number of amides is 4. The van der Waals surface area contributed by atoms with Crippen molar-refractivity contribution in [2.24, 2.45) is 11.8 Å². The Labute approximate surface area is 381 Å². The van der Waals surface area contributed by atoms with E-state index in [0.717, 1.165) is 19.3 Å². The van der Waals surface area contributed by atoms with Crippen LogP contribution < -0.4 is 25.4 Å². The summed E-state index contributed by atoms with van der Waals surface area (Å²) in [6.45, 7) is 14.0. The molecule has 64 heavy (non-hydrogen) atoms. The van der Waals surface area contributed by atoms with E-state index in [1.54, 1.807) is 58.0 Å². The van der Waals surface area contributed by atoms with Gasteiger partial charge < -0.3 is 39.8 Å². The van der Waals surface area contributed by atoms with Gasteiger partial charge in [-0.05, 0) is 75.4 Å². The van der Waals surface area contributed by atoms with Gasteiger partial charge in [0, 0.05) is 43.5 Å². The summed E-state index contributed by atoms with van der Waals surface area (Å²) in [4.78, 5) is 83.4. The summed E-state index contributed by atoms with van der Waals surface area (Å²) >= 11 is 0. The molecule has 4 atom stereocenters. The second-order valence-corrected chi connectivity index (χ2v) is 17.9. The van der Waals surface area contributed by atoms with Gasteiger partial charge in [-0.1, -0.05) is 97.6 Å². The number of carbonyl (C=O) groups is 6. The van der Waals surface area contributed by atoms with Crippen molar-refractivity contribution in [2.75, 3.05) is 40.5 Å². The van der Waals surface area contributed by atoms with Gasteiger partial charge in [0.2, 0.25) is 17.7 Å². The van der Waals surface area contributed by atoms with Gasteiger partial charge in [0.1, 0.15) is 41.7 Å². The van der Waals surface area contributed by atoms with Crippen LogP contribution in [0.2, 0.25) is 0 Å². The first-order chi connectivity index (χ1) is 30.5. The number of unbranched alkanes of at least 4 members (excludes halogenated alkanes) is 8. The van der Waals surface area contributed by atoms with Crippen LogP contribution in [0.15, 0.2) is 36.4 Å². The predicted octanol–water partition coefficient (Wildman–Crippen LogP) is 8.42. The standard InChI is InChI=1S/C50H76N4O10/c1-10-13-14-15-16-17-18-19-20-26-51-46(57)37(21-11-2)47(58)54(8)44-36-23-25-43(62-28-12-3)39(33-36)38-31-35(22-24-42(38)63-29-27-52-49(60)64-50(5,6)7)32-40(48(59)61-9)53-45(56)34(4)30-41(44)55/h22-25,31,33-34,37,40,44H,10-21,26-30,32H2,1-9H3,(H,51,57)(H,52,60)(H,53,56)/t34-,37?,40+,44+/m1/s1. The lowest BCUT2D eigenvalue weighted by Gasteiger charge is -2.32. The predicted molar refractivity (Wildman–Crippen MR) is 248 cm³/mol. The average molecular weight is 893 g/mol. The zero-order chi connectivity index (χ0) is 47.2. The van der Waals surface area contributed by atoms with Crippen LogP contribution in [0.1, 0.15) is 149 Å². The minimum absolute atomic E-state index is 0.0630. The summed E-state index contributed by atoms with van der Waals surface area (Å²) in [6, 6.07) is 8.33. The molecule has 0 saturated heterocycles. The summed E-state index contributed by atoms with van der Waals surface area (Å²) in [7, 11) is 2.76. The smallest absolute Gasteiger partial charge is 0.407 e. The Kier molecular flexibility index (Phi) is 22.6. The molecule has 0 radical (unpaired) electrons. The van der Waals surface area contributed by atoms with Crippen LogP contribution in [0.5, 0.6) is 11.5 Å². The summed E-state index contributed by atoms with van der Waals surface area (Å²) in [5, 5.41) is 8.48. The quantitative estimate of drug-likeness (QED) is 0.0557. The first kappa shape index (κ1) is 53.2. The number of likely N-dealkylation sites (N-methyl/N-ethyl adjacent to an activating group) is 1. The fourth-order valence-electron chi connectivity index (χ4n) is 7.75. The van der Waals surface area contributed by atoms with Gasteiger partial charge >= 0.3 is 12.1 Å². The maximum absolute atomic E-state index is 14.6. The minimum Gasteiger partial charge on any atom is -0.493 e. The second kappa shape index (κ2) is 27.2. The molecule has 0 aromatic heterocycles. The zero-order valence-electron chi connectivity index (χ0n) is 40.0. The molecule has 1 aliphatic heterocycles. The number of benzene rings is 2. The molecule has 1 heterocycles. The molecule has 0 saturated carbocycles. The number of hydrogen-bond acceptors (Lipinski definition) is 10. The van der Waals surface area contributed by atoms with E-state index in [2.05, 4.69) is 22.9 Å². The Balaban J connectivity index is 2.06. The van der Waals surface area contributed by atoms with Crippen LogP contribution in [-0.2, 0) is 39.9 Å². The normalized spacial score (nSPS) is 17.0. The lowest BCUT2D eigenvalue weighted by molar-refractivity contribution is -0.147. The molecule has 4 bridgehead atoms. The molecule has 14 heteroatoms. The molecule has 2 aromatic rings. The van der Waals surface area contributed by atoms with Crippen LogP contribution >= 0.6 is 0 Å². The first-order valence-corrected chi connectivity index (χ1v) is 23.5. The third-order valence-corrected chi connectivity index (χ3v) is 11.2. The van der Waals surface area contributed by atoms with Gasteiger partial charge in [-0.25, -0.2) is 9.59 Å². The van der Waals surface area contributed by atoms with E-state index in [9.17, 15) is 28.8 Å². The Morgan fingerprint density at radius 3 is 2.03 bits per heavy atom. The second-order valence-electron chi connectivity index (χ2n) is 17.9. The van der Waals surface area contributed by atoms with Crippen molar-refractivity contribution in [2.45, 2.75) is 156 Å². The highest BCUT2D eigenvalue weighted by Gasteiger charge is 2.37. The third kappa shape index (κ3) is 17.1. The number of methoxy groups -OCH3 is 1. The van der Waals surface area contributed by atoms with E-state index in [1.165, 1.54) is 57.6 Å². The number of hydrogen-bond donors (Lipinski definition) is 3. The van der Waals surface area contributed by atoms with Crippen molar-refractivity contribution >= 4 is 35.6 Å². The Hall–Kier alpha value is -5.14. The SMILES string of the molecule is CCCCCCCCCCCNC(=O)C(CCC)C(=O)N(C)[C@@H]1C(=O)C[C@@H](C)C(=O)N[C@H](C(=O)OC)Cc2ccc(OCCNC(=O)OC(C)(C)C)c(c2)-c2cc1ccc2OCCC. The van der Waals surface area contributed by atoms with Gasteiger partial charge in [0.15, 0.2) is 5.78 Å². The average Bonchev–Trinajstić information content (AvgIpc) is 3.25. The number of alkyl carbamates (subject to hydrolysis) is 1. The van der Waals surface area contributed by atoms with E-state index in [4.69, 9.17) is 18.9 Å². The highest BCUT2D eigenvalue weighted by Crippen LogP contribution is 2.41. The van der Waals surface area contributed by atoms with Gasteiger partial charge in [-0.15, -0.1) is 0 Å². The summed E-state index contributed by atoms with van der Waals surface area (Å²) in [5.74, 6) is -3.53. The topological polar surface area (TPSA) is 179 Å². The van der Waals surface area contributed by atoms with Crippen LogP contribution in [-0.4, -0.2) is 92.6 Å². The van der Waals surface area contributed by atoms with Gasteiger partial charge in [0.25, 0.3) is 0 Å². The van der Waals surface area contributed by atoms with Gasteiger partial charge in [-0.2, -0.15) is 0 Å². The number of ether oxygens (including phenoxy) is 4. The highest BCUT2D eigenvalue weighted by molar-refractivity contribution is 6.02. The lowest BCUT2D eigenvalue weighted by Crippen LogP contribution is -2.47. The Morgan fingerprint density at radius 1 is 0.781 bits per heavy atom. The van der Waals surface area contributed by atoms with Crippen LogP contribution in [0.4, 0.5) is 4.79 Å². The largest absolute Gasteiger partial charge is 0.493 e. The highest BCUT2D eigenvalue weighted by atomic mass is 16.6. The number of fused-ring (bicyclic) bond motifs is 5. The molecule has 0 spiro atoms. The molecule has 356 valence electrons. The number of carbonyl (C=O) groups excluding carboxylic acids is 6. The number of nitrogens with one attached hydrogen (secondary N) is 3. The molecular formula is C50H76N4O10. The maximum atomic E-state index is 14.6. The maximum Gasteiger partial charge on any atom is 0.407 e. The van der Waals surface area contributed by atoms with Crippen LogP contribution in [0.3, 0.4) is 0 Å². The Morgan fingerprint density at radius 2 is 1.41 bits per heavy atom. The van der Waals surface area contributed by atoms with E-state index in [0.29, 0.717) is 59.7 Å². The van der Waals surface area contributed by atoms with Crippen molar-refractivity contribution < 1.29 is 47.7 Å². The summed E-state index contributed by atoms with van der Waals surface area (Å²) < 4.78 is 23.0. The molecule has 3 rings (SSSR count). The van der Waals surface area contributed by atoms with E-state index in [1.807, 2.05) is 19.9 Å². The Bertz CT molecular complexity index is 1840.